The van der Waals surface area contributed by atoms with Gasteiger partial charge in [-0.25, -0.2) is 9.67 Å². The molecule has 1 N–H and O–H groups in total. The fraction of sp³-hybridized carbons (Fsp3) is 0.0714. The number of aldehydes is 1. The second-order valence-corrected chi connectivity index (χ2v) is 4.13. The first-order valence-electron chi connectivity index (χ1n) is 6.01. The average molecular weight is 268 g/mol. The van der Waals surface area contributed by atoms with Crippen LogP contribution in [0.2, 0.25) is 0 Å². The van der Waals surface area contributed by atoms with Gasteiger partial charge in [-0.1, -0.05) is 0 Å². The molecular formula is C14H12N4O2. The number of hydrogen-bond donors (Lipinski definition) is 1. The van der Waals surface area contributed by atoms with Crippen LogP contribution in [0.1, 0.15) is 10.5 Å². The smallest absolute Gasteiger partial charge is 0.213 e. The fourth-order valence-electron chi connectivity index (χ4n) is 1.95. The maximum Gasteiger partial charge on any atom is 0.213 e. The van der Waals surface area contributed by atoms with E-state index in [1.54, 1.807) is 30.1 Å². The largest absolute Gasteiger partial charge is 0.481 e. The summed E-state index contributed by atoms with van der Waals surface area (Å²) in [6.45, 7) is 0. The van der Waals surface area contributed by atoms with Gasteiger partial charge in [-0.05, 0) is 24.3 Å². The molecule has 0 bridgehead atoms. The van der Waals surface area contributed by atoms with Crippen molar-refractivity contribution in [1.29, 1.82) is 0 Å². The third-order valence-electron chi connectivity index (χ3n) is 2.90. The van der Waals surface area contributed by atoms with Gasteiger partial charge in [0.25, 0.3) is 0 Å². The van der Waals surface area contributed by atoms with Crippen LogP contribution in [-0.4, -0.2) is 33.1 Å². The molecule has 3 rings (SSSR count). The average Bonchev–Trinajstić information content (AvgIpc) is 3.16. The van der Waals surface area contributed by atoms with Crippen LogP contribution in [0.3, 0.4) is 0 Å². The Morgan fingerprint density at radius 2 is 2.25 bits per heavy atom. The normalized spacial score (nSPS) is 10.4. The Balaban J connectivity index is 2.11. The first kappa shape index (κ1) is 12.2. The van der Waals surface area contributed by atoms with Crippen LogP contribution in [0.25, 0.3) is 17.1 Å². The molecule has 0 radical (unpaired) electrons. The summed E-state index contributed by atoms with van der Waals surface area (Å²) in [6, 6.07) is 9.11. The second kappa shape index (κ2) is 5.00. The van der Waals surface area contributed by atoms with Crippen molar-refractivity contribution in [2.45, 2.75) is 0 Å². The molecule has 0 amide bonds. The van der Waals surface area contributed by atoms with E-state index in [9.17, 15) is 4.79 Å². The van der Waals surface area contributed by atoms with Crippen molar-refractivity contribution in [3.63, 3.8) is 0 Å². The van der Waals surface area contributed by atoms with E-state index in [-0.39, 0.29) is 0 Å². The molecule has 20 heavy (non-hydrogen) atoms. The third kappa shape index (κ3) is 2.07. The number of H-pyrrole nitrogens is 1. The molecule has 0 aromatic carbocycles. The quantitative estimate of drug-likeness (QED) is 0.735. The Labute approximate surface area is 115 Å². The molecule has 0 unspecified atom stereocenters. The van der Waals surface area contributed by atoms with Crippen LogP contribution in [0.4, 0.5) is 0 Å². The number of pyridine rings is 1. The maximum absolute atomic E-state index is 11.0. The molecule has 0 spiro atoms. The molecule has 0 fully saturated rings. The first-order valence-corrected chi connectivity index (χ1v) is 6.01. The lowest BCUT2D eigenvalue weighted by Gasteiger charge is -2.06. The van der Waals surface area contributed by atoms with Crippen molar-refractivity contribution in [2.24, 2.45) is 0 Å². The Bertz CT molecular complexity index is 714. The summed E-state index contributed by atoms with van der Waals surface area (Å²) in [7, 11) is 1.56. The standard InChI is InChI=1S/C14H12N4O2/c1-20-14-5-4-11(8-16-14)18-13(7-10(9-19)17-18)12-3-2-6-15-12/h2-9,15H,1H3. The van der Waals surface area contributed by atoms with Gasteiger partial charge in [0.2, 0.25) is 5.88 Å². The molecule has 0 saturated heterocycles. The lowest BCUT2D eigenvalue weighted by Crippen LogP contribution is -2.01. The lowest BCUT2D eigenvalue weighted by molar-refractivity contribution is 0.111. The van der Waals surface area contributed by atoms with Gasteiger partial charge in [-0.2, -0.15) is 5.10 Å². The summed E-state index contributed by atoms with van der Waals surface area (Å²) in [5.41, 5.74) is 2.79. The highest BCUT2D eigenvalue weighted by molar-refractivity contribution is 5.75. The van der Waals surface area contributed by atoms with Gasteiger partial charge in [-0.3, -0.25) is 4.79 Å². The topological polar surface area (TPSA) is 72.8 Å². The van der Waals surface area contributed by atoms with E-state index >= 15 is 0 Å². The second-order valence-electron chi connectivity index (χ2n) is 4.13. The highest BCUT2D eigenvalue weighted by atomic mass is 16.5. The minimum Gasteiger partial charge on any atom is -0.481 e. The number of rotatable bonds is 4. The van der Waals surface area contributed by atoms with Crippen molar-refractivity contribution in [1.82, 2.24) is 19.7 Å². The molecular weight excluding hydrogens is 256 g/mol. The Hall–Kier alpha value is -2.89. The van der Waals surface area contributed by atoms with E-state index in [0.717, 1.165) is 23.4 Å². The molecule has 100 valence electrons. The Kier molecular flexibility index (Phi) is 3.04. The fourth-order valence-corrected chi connectivity index (χ4v) is 1.95. The van der Waals surface area contributed by atoms with Gasteiger partial charge >= 0.3 is 0 Å². The number of aromatic amines is 1. The first-order chi connectivity index (χ1) is 9.81. The number of methoxy groups -OCH3 is 1. The number of carbonyl (C=O) groups excluding carboxylic acids is 1. The summed E-state index contributed by atoms with van der Waals surface area (Å²) in [6.07, 6.45) is 4.19. The predicted molar refractivity (Wildman–Crippen MR) is 73.1 cm³/mol. The van der Waals surface area contributed by atoms with E-state index in [4.69, 9.17) is 4.74 Å². The Morgan fingerprint density at radius 3 is 2.85 bits per heavy atom. The molecule has 3 aromatic rings. The maximum atomic E-state index is 11.0. The third-order valence-corrected chi connectivity index (χ3v) is 2.90. The molecule has 0 aliphatic rings. The van der Waals surface area contributed by atoms with Crippen LogP contribution >= 0.6 is 0 Å². The zero-order valence-electron chi connectivity index (χ0n) is 10.8. The van der Waals surface area contributed by atoms with E-state index in [2.05, 4.69) is 15.1 Å². The van der Waals surface area contributed by atoms with E-state index in [0.29, 0.717) is 11.6 Å². The van der Waals surface area contributed by atoms with Crippen LogP contribution in [0.5, 0.6) is 5.88 Å². The van der Waals surface area contributed by atoms with Crippen molar-refractivity contribution < 1.29 is 9.53 Å². The highest BCUT2D eigenvalue weighted by Gasteiger charge is 2.12. The number of ether oxygens (including phenoxy) is 1. The van der Waals surface area contributed by atoms with Crippen LogP contribution in [0, 0.1) is 0 Å². The molecule has 3 aromatic heterocycles. The minimum atomic E-state index is 0.366. The molecule has 6 heteroatoms. The summed E-state index contributed by atoms with van der Waals surface area (Å²) in [4.78, 5) is 18.2. The van der Waals surface area contributed by atoms with Gasteiger partial charge in [0.1, 0.15) is 5.69 Å². The lowest BCUT2D eigenvalue weighted by atomic mass is 10.3. The van der Waals surface area contributed by atoms with Crippen LogP contribution < -0.4 is 4.74 Å². The Morgan fingerprint density at radius 1 is 1.35 bits per heavy atom. The zero-order valence-corrected chi connectivity index (χ0v) is 10.8. The number of nitrogens with zero attached hydrogens (tertiary/aromatic N) is 3. The van der Waals surface area contributed by atoms with Crippen molar-refractivity contribution in [3.8, 4) is 23.0 Å². The molecule has 0 saturated carbocycles. The minimum absolute atomic E-state index is 0.366. The predicted octanol–water partition coefficient (Wildman–Crippen LogP) is 2.08. The van der Waals surface area contributed by atoms with Crippen molar-refractivity contribution >= 4 is 6.29 Å². The summed E-state index contributed by atoms with van der Waals surface area (Å²) < 4.78 is 6.70. The summed E-state index contributed by atoms with van der Waals surface area (Å²) >= 11 is 0. The number of aromatic nitrogens is 4. The monoisotopic (exact) mass is 268 g/mol. The van der Waals surface area contributed by atoms with Crippen molar-refractivity contribution in [2.75, 3.05) is 7.11 Å². The van der Waals surface area contributed by atoms with E-state index in [1.165, 1.54) is 0 Å². The summed E-state index contributed by atoms with van der Waals surface area (Å²) in [5, 5.41) is 4.26. The zero-order chi connectivity index (χ0) is 13.9. The van der Waals surface area contributed by atoms with Gasteiger partial charge < -0.3 is 9.72 Å². The van der Waals surface area contributed by atoms with Gasteiger partial charge in [0, 0.05) is 12.3 Å². The molecule has 0 aliphatic carbocycles. The van der Waals surface area contributed by atoms with E-state index in [1.807, 2.05) is 24.4 Å². The molecule has 6 nitrogen and oxygen atoms in total. The van der Waals surface area contributed by atoms with Crippen LogP contribution in [0.15, 0.2) is 42.7 Å². The van der Waals surface area contributed by atoms with Crippen molar-refractivity contribution in [3.05, 3.63) is 48.4 Å². The van der Waals surface area contributed by atoms with Gasteiger partial charge in [0.15, 0.2) is 6.29 Å². The van der Waals surface area contributed by atoms with Gasteiger partial charge in [0.05, 0.1) is 30.4 Å². The van der Waals surface area contributed by atoms with Crippen LogP contribution in [-0.2, 0) is 0 Å². The summed E-state index contributed by atoms with van der Waals surface area (Å²) in [5.74, 6) is 0.526. The number of hydrogen-bond acceptors (Lipinski definition) is 4. The highest BCUT2D eigenvalue weighted by Crippen LogP contribution is 2.22. The molecule has 0 aliphatic heterocycles. The van der Waals surface area contributed by atoms with Gasteiger partial charge in [-0.15, -0.1) is 0 Å². The SMILES string of the molecule is COc1ccc(-n2nc(C=O)cc2-c2ccc[nH]2)cn1. The molecule has 3 heterocycles. The molecule has 0 atom stereocenters. The number of nitrogens with one attached hydrogen (secondary N) is 1. The number of carbonyl (C=O) groups is 1. The van der Waals surface area contributed by atoms with E-state index < -0.39 is 0 Å².